The minimum absolute atomic E-state index is 0.106. The summed E-state index contributed by atoms with van der Waals surface area (Å²) in [5.41, 5.74) is 1.13. The van der Waals surface area contributed by atoms with Crippen molar-refractivity contribution in [1.29, 1.82) is 0 Å². The highest BCUT2D eigenvalue weighted by Crippen LogP contribution is 2.25. The first-order valence-corrected chi connectivity index (χ1v) is 9.16. The molecule has 142 valence electrons. The summed E-state index contributed by atoms with van der Waals surface area (Å²) in [6, 6.07) is 1.91. The number of hydrogen-bond donors (Lipinski definition) is 2. The van der Waals surface area contributed by atoms with Gasteiger partial charge in [0.25, 0.3) is 5.91 Å². The molecule has 2 rings (SSSR count). The lowest BCUT2D eigenvalue weighted by atomic mass is 9.88. The van der Waals surface area contributed by atoms with Crippen LogP contribution < -0.4 is 5.32 Å². The van der Waals surface area contributed by atoms with Crippen molar-refractivity contribution in [3.05, 3.63) is 23.5 Å². The van der Waals surface area contributed by atoms with Gasteiger partial charge in [-0.3, -0.25) is 9.59 Å². The Hall–Kier alpha value is -2.44. The second kappa shape index (κ2) is 7.85. The molecule has 0 aromatic carbocycles. The fourth-order valence-corrected chi connectivity index (χ4v) is 3.15. The predicted molar refractivity (Wildman–Crippen MR) is 100 cm³/mol. The van der Waals surface area contributed by atoms with E-state index in [1.807, 2.05) is 25.5 Å². The minimum atomic E-state index is -0.922. The zero-order chi connectivity index (χ0) is 19.5. The fourth-order valence-electron chi connectivity index (χ4n) is 3.15. The molecule has 7 nitrogen and oxygen atoms in total. The highest BCUT2D eigenvalue weighted by molar-refractivity contribution is 6.06. The van der Waals surface area contributed by atoms with Crippen LogP contribution in [-0.4, -0.2) is 37.3 Å². The molecule has 0 aliphatic rings. The molecule has 2 aromatic rings. The van der Waals surface area contributed by atoms with Gasteiger partial charge in [0.15, 0.2) is 5.65 Å². The molecule has 0 saturated carbocycles. The van der Waals surface area contributed by atoms with Crippen LogP contribution in [0.25, 0.3) is 11.0 Å². The lowest BCUT2D eigenvalue weighted by molar-refractivity contribution is -0.138. The molecule has 1 atom stereocenters. The minimum Gasteiger partial charge on any atom is -0.481 e. The van der Waals surface area contributed by atoms with E-state index in [1.54, 1.807) is 12.3 Å². The second-order valence-electron chi connectivity index (χ2n) is 6.91. The fraction of sp³-hybridized carbons (Fsp3) is 0.579. The van der Waals surface area contributed by atoms with Crippen LogP contribution >= 0.6 is 0 Å². The number of carbonyl (C=O) groups excluding carboxylic acids is 1. The van der Waals surface area contributed by atoms with Crippen LogP contribution in [0.2, 0.25) is 0 Å². The summed E-state index contributed by atoms with van der Waals surface area (Å²) in [5.74, 6) is -1.20. The standard InChI is InChI=1S/C19H28N4O3/c1-6-13(5)23-17-15(11-20-23)14(9-12(4)21-17)18(26)22-19(7-2,8-3)10-16(24)25/h9,11,13H,6-8,10H2,1-5H3,(H,22,26)(H,24,25). The largest absolute Gasteiger partial charge is 0.481 e. The molecule has 7 heteroatoms. The van der Waals surface area contributed by atoms with Gasteiger partial charge in [0.05, 0.1) is 35.1 Å². The van der Waals surface area contributed by atoms with E-state index in [-0.39, 0.29) is 18.4 Å². The van der Waals surface area contributed by atoms with Gasteiger partial charge < -0.3 is 10.4 Å². The molecule has 0 aliphatic carbocycles. The van der Waals surface area contributed by atoms with Gasteiger partial charge in [-0.25, -0.2) is 9.67 Å². The number of aromatic nitrogens is 3. The number of fused-ring (bicyclic) bond motifs is 1. The van der Waals surface area contributed by atoms with Crippen molar-refractivity contribution in [2.45, 2.75) is 71.9 Å². The number of aliphatic carboxylic acids is 1. The van der Waals surface area contributed by atoms with E-state index >= 15 is 0 Å². The van der Waals surface area contributed by atoms with Gasteiger partial charge in [-0.15, -0.1) is 0 Å². The third kappa shape index (κ3) is 3.86. The first-order chi connectivity index (χ1) is 12.3. The van der Waals surface area contributed by atoms with Crippen molar-refractivity contribution in [1.82, 2.24) is 20.1 Å². The van der Waals surface area contributed by atoms with E-state index in [0.29, 0.717) is 29.4 Å². The SMILES string of the molecule is CCC(C)n1ncc2c(C(=O)NC(CC)(CC)CC(=O)O)cc(C)nc21. The summed E-state index contributed by atoms with van der Waals surface area (Å²) in [6.45, 7) is 9.75. The molecular weight excluding hydrogens is 332 g/mol. The van der Waals surface area contributed by atoms with Crippen LogP contribution in [0.5, 0.6) is 0 Å². The normalized spacial score (nSPS) is 13.0. The van der Waals surface area contributed by atoms with Crippen molar-refractivity contribution in [3.8, 4) is 0 Å². The van der Waals surface area contributed by atoms with Gasteiger partial charge in [0.1, 0.15) is 0 Å². The predicted octanol–water partition coefficient (Wildman–Crippen LogP) is 3.47. The van der Waals surface area contributed by atoms with Crippen LogP contribution in [-0.2, 0) is 4.79 Å². The Morgan fingerprint density at radius 3 is 2.50 bits per heavy atom. The number of carboxylic acids is 1. The molecule has 1 unspecified atom stereocenters. The second-order valence-corrected chi connectivity index (χ2v) is 6.91. The Balaban J connectivity index is 2.47. The number of nitrogens with zero attached hydrogens (tertiary/aromatic N) is 3. The molecule has 0 bridgehead atoms. The Bertz CT molecular complexity index is 808. The zero-order valence-electron chi connectivity index (χ0n) is 16.2. The topological polar surface area (TPSA) is 97.1 Å². The van der Waals surface area contributed by atoms with E-state index in [0.717, 1.165) is 12.1 Å². The van der Waals surface area contributed by atoms with Crippen molar-refractivity contribution >= 4 is 22.9 Å². The Kier molecular flexibility index (Phi) is 6.00. The Morgan fingerprint density at radius 2 is 1.96 bits per heavy atom. The Morgan fingerprint density at radius 1 is 1.31 bits per heavy atom. The van der Waals surface area contributed by atoms with Crippen molar-refractivity contribution < 1.29 is 14.7 Å². The molecule has 1 amide bonds. The summed E-state index contributed by atoms with van der Waals surface area (Å²) < 4.78 is 1.84. The van der Waals surface area contributed by atoms with Gasteiger partial charge in [0.2, 0.25) is 0 Å². The van der Waals surface area contributed by atoms with Crippen molar-refractivity contribution in [3.63, 3.8) is 0 Å². The van der Waals surface area contributed by atoms with Crippen LogP contribution in [0.3, 0.4) is 0 Å². The molecular formula is C19H28N4O3. The highest BCUT2D eigenvalue weighted by atomic mass is 16.4. The maximum Gasteiger partial charge on any atom is 0.305 e. The monoisotopic (exact) mass is 360 g/mol. The molecule has 2 N–H and O–H groups in total. The van der Waals surface area contributed by atoms with Crippen LogP contribution in [0.15, 0.2) is 12.3 Å². The number of rotatable bonds is 8. The van der Waals surface area contributed by atoms with Crippen molar-refractivity contribution in [2.75, 3.05) is 0 Å². The molecule has 26 heavy (non-hydrogen) atoms. The number of aryl methyl sites for hydroxylation is 1. The van der Waals surface area contributed by atoms with E-state index < -0.39 is 11.5 Å². The number of pyridine rings is 1. The number of carbonyl (C=O) groups is 2. The van der Waals surface area contributed by atoms with Crippen LogP contribution in [0, 0.1) is 6.92 Å². The van der Waals surface area contributed by atoms with Crippen molar-refractivity contribution in [2.24, 2.45) is 0 Å². The highest BCUT2D eigenvalue weighted by Gasteiger charge is 2.32. The maximum atomic E-state index is 13.0. The summed E-state index contributed by atoms with van der Waals surface area (Å²) in [7, 11) is 0. The quantitative estimate of drug-likeness (QED) is 0.751. The van der Waals surface area contributed by atoms with Gasteiger partial charge in [0, 0.05) is 5.69 Å². The number of nitrogens with one attached hydrogen (secondary N) is 1. The lowest BCUT2D eigenvalue weighted by Crippen LogP contribution is -2.49. The zero-order valence-corrected chi connectivity index (χ0v) is 16.2. The van der Waals surface area contributed by atoms with Gasteiger partial charge in [-0.05, 0) is 39.2 Å². The molecule has 0 aliphatic heterocycles. The molecule has 2 aromatic heterocycles. The molecule has 2 heterocycles. The average Bonchev–Trinajstić information content (AvgIpc) is 3.02. The molecule has 0 spiro atoms. The average molecular weight is 360 g/mol. The number of amides is 1. The first kappa shape index (κ1) is 19.9. The third-order valence-corrected chi connectivity index (χ3v) is 5.17. The third-order valence-electron chi connectivity index (χ3n) is 5.17. The van der Waals surface area contributed by atoms with E-state index in [9.17, 15) is 14.7 Å². The van der Waals surface area contributed by atoms with E-state index in [4.69, 9.17) is 0 Å². The van der Waals surface area contributed by atoms with Gasteiger partial charge in [-0.2, -0.15) is 5.10 Å². The lowest BCUT2D eigenvalue weighted by Gasteiger charge is -2.31. The summed E-state index contributed by atoms with van der Waals surface area (Å²) in [4.78, 5) is 28.8. The van der Waals surface area contributed by atoms with E-state index in [1.165, 1.54) is 0 Å². The van der Waals surface area contributed by atoms with Gasteiger partial charge in [-0.1, -0.05) is 20.8 Å². The van der Waals surface area contributed by atoms with Gasteiger partial charge >= 0.3 is 5.97 Å². The number of hydrogen-bond acceptors (Lipinski definition) is 4. The first-order valence-electron chi connectivity index (χ1n) is 9.16. The smallest absolute Gasteiger partial charge is 0.305 e. The Labute approximate surface area is 153 Å². The summed E-state index contributed by atoms with van der Waals surface area (Å²) >= 11 is 0. The number of carboxylic acid groups (broad SMARTS) is 1. The van der Waals surface area contributed by atoms with E-state index in [2.05, 4.69) is 29.2 Å². The summed E-state index contributed by atoms with van der Waals surface area (Å²) in [6.07, 6.45) is 3.55. The van der Waals surface area contributed by atoms with Crippen LogP contribution in [0.1, 0.15) is 75.5 Å². The van der Waals surface area contributed by atoms with Crippen LogP contribution in [0.4, 0.5) is 0 Å². The maximum absolute atomic E-state index is 13.0. The molecule has 0 saturated heterocycles. The molecule has 0 fully saturated rings. The molecule has 0 radical (unpaired) electrons. The summed E-state index contributed by atoms with van der Waals surface area (Å²) in [5, 5.41) is 17.3.